The average Bonchev–Trinajstić information content (AvgIpc) is 2.69. The van der Waals surface area contributed by atoms with Gasteiger partial charge in [0.15, 0.2) is 0 Å². The van der Waals surface area contributed by atoms with Crippen molar-refractivity contribution in [1.82, 2.24) is 15.5 Å². The van der Waals surface area contributed by atoms with Crippen molar-refractivity contribution in [2.45, 2.75) is 51.5 Å². The molecule has 1 fully saturated rings. The Hall–Kier alpha value is -2.08. The third-order valence-electron chi connectivity index (χ3n) is 4.91. The number of urea groups is 1. The van der Waals surface area contributed by atoms with Crippen LogP contribution in [0.4, 0.5) is 4.79 Å². The van der Waals surface area contributed by atoms with E-state index in [1.54, 1.807) is 0 Å². The SMILES string of the molecule is CCCCCC(C)NC(=O)NCC(C(=O)N1CCOCC1)c1ccccc1. The smallest absolute Gasteiger partial charge is 0.315 e. The minimum absolute atomic E-state index is 0.0424. The summed E-state index contributed by atoms with van der Waals surface area (Å²) in [6.45, 7) is 6.80. The average molecular weight is 376 g/mol. The van der Waals surface area contributed by atoms with Gasteiger partial charge in [-0.25, -0.2) is 4.79 Å². The predicted octanol–water partition coefficient (Wildman–Crippen LogP) is 2.90. The number of ether oxygens (including phenoxy) is 1. The third-order valence-corrected chi connectivity index (χ3v) is 4.91. The lowest BCUT2D eigenvalue weighted by molar-refractivity contribution is -0.136. The Morgan fingerprint density at radius 2 is 1.85 bits per heavy atom. The van der Waals surface area contributed by atoms with E-state index < -0.39 is 0 Å². The molecule has 1 aromatic rings. The van der Waals surface area contributed by atoms with Crippen LogP contribution in [-0.2, 0) is 9.53 Å². The number of rotatable bonds is 9. The van der Waals surface area contributed by atoms with Gasteiger partial charge in [0.05, 0.1) is 19.1 Å². The topological polar surface area (TPSA) is 70.7 Å². The van der Waals surface area contributed by atoms with Crippen molar-refractivity contribution in [2.24, 2.45) is 0 Å². The molecule has 1 saturated heterocycles. The van der Waals surface area contributed by atoms with Crippen LogP contribution in [0.5, 0.6) is 0 Å². The second kappa shape index (κ2) is 11.6. The number of hydrogen-bond acceptors (Lipinski definition) is 3. The van der Waals surface area contributed by atoms with Crippen molar-refractivity contribution in [3.8, 4) is 0 Å². The molecule has 1 aromatic carbocycles. The number of carbonyl (C=O) groups is 2. The number of amides is 3. The van der Waals surface area contributed by atoms with E-state index in [-0.39, 0.29) is 30.4 Å². The Labute approximate surface area is 162 Å². The van der Waals surface area contributed by atoms with Crippen LogP contribution in [0.1, 0.15) is 51.0 Å². The standard InChI is InChI=1S/C21H33N3O3/c1-3-4-6-9-17(2)23-21(26)22-16-19(18-10-7-5-8-11-18)20(25)24-12-14-27-15-13-24/h5,7-8,10-11,17,19H,3-4,6,9,12-16H2,1-2H3,(H2,22,23,26). The summed E-state index contributed by atoms with van der Waals surface area (Å²) in [5.74, 6) is -0.341. The van der Waals surface area contributed by atoms with E-state index in [1.165, 1.54) is 12.8 Å². The van der Waals surface area contributed by atoms with Crippen LogP contribution in [-0.4, -0.2) is 55.7 Å². The van der Waals surface area contributed by atoms with Gasteiger partial charge in [-0.1, -0.05) is 56.5 Å². The van der Waals surface area contributed by atoms with Crippen LogP contribution in [0.15, 0.2) is 30.3 Å². The van der Waals surface area contributed by atoms with E-state index in [1.807, 2.05) is 42.2 Å². The number of nitrogens with zero attached hydrogens (tertiary/aromatic N) is 1. The summed E-state index contributed by atoms with van der Waals surface area (Å²) in [6, 6.07) is 9.57. The molecule has 1 heterocycles. The fourth-order valence-electron chi connectivity index (χ4n) is 3.28. The first-order chi connectivity index (χ1) is 13.1. The molecular weight excluding hydrogens is 342 g/mol. The van der Waals surface area contributed by atoms with E-state index in [9.17, 15) is 9.59 Å². The van der Waals surface area contributed by atoms with Crippen molar-refractivity contribution in [3.05, 3.63) is 35.9 Å². The first-order valence-corrected chi connectivity index (χ1v) is 10.1. The Bertz CT molecular complexity index is 573. The van der Waals surface area contributed by atoms with Crippen LogP contribution in [0, 0.1) is 0 Å². The van der Waals surface area contributed by atoms with Crippen molar-refractivity contribution in [2.75, 3.05) is 32.8 Å². The van der Waals surface area contributed by atoms with Crippen molar-refractivity contribution < 1.29 is 14.3 Å². The van der Waals surface area contributed by atoms with Gasteiger partial charge in [-0.2, -0.15) is 0 Å². The number of carbonyl (C=O) groups excluding carboxylic acids is 2. The lowest BCUT2D eigenvalue weighted by atomic mass is 9.97. The molecule has 1 aliphatic rings. The van der Waals surface area contributed by atoms with Gasteiger partial charge in [-0.15, -0.1) is 0 Å². The van der Waals surface area contributed by atoms with E-state index in [0.29, 0.717) is 26.3 Å². The molecule has 3 amide bonds. The Kier molecular flexibility index (Phi) is 9.11. The van der Waals surface area contributed by atoms with Gasteiger partial charge in [0, 0.05) is 25.7 Å². The number of hydrogen-bond donors (Lipinski definition) is 2. The zero-order chi connectivity index (χ0) is 19.5. The maximum absolute atomic E-state index is 13.0. The zero-order valence-corrected chi connectivity index (χ0v) is 16.6. The summed E-state index contributed by atoms with van der Waals surface area (Å²) in [5, 5.41) is 5.86. The molecule has 2 N–H and O–H groups in total. The number of nitrogens with one attached hydrogen (secondary N) is 2. The summed E-state index contributed by atoms with van der Waals surface area (Å²) in [4.78, 5) is 27.1. The molecule has 1 aliphatic heterocycles. The molecular formula is C21H33N3O3. The number of unbranched alkanes of at least 4 members (excludes halogenated alkanes) is 2. The molecule has 0 aliphatic carbocycles. The summed E-state index contributed by atoms with van der Waals surface area (Å²) in [5.41, 5.74) is 0.922. The van der Waals surface area contributed by atoms with Gasteiger partial charge in [0.2, 0.25) is 5.91 Å². The minimum atomic E-state index is -0.384. The molecule has 0 saturated carbocycles. The van der Waals surface area contributed by atoms with Gasteiger partial charge < -0.3 is 20.3 Å². The predicted molar refractivity (Wildman–Crippen MR) is 107 cm³/mol. The Balaban J connectivity index is 1.92. The van der Waals surface area contributed by atoms with Crippen molar-refractivity contribution in [3.63, 3.8) is 0 Å². The number of morpholine rings is 1. The first-order valence-electron chi connectivity index (χ1n) is 10.1. The lowest BCUT2D eigenvalue weighted by Crippen LogP contribution is -2.47. The molecule has 2 atom stereocenters. The van der Waals surface area contributed by atoms with E-state index in [2.05, 4.69) is 17.6 Å². The van der Waals surface area contributed by atoms with Gasteiger partial charge in [-0.3, -0.25) is 4.79 Å². The largest absolute Gasteiger partial charge is 0.378 e. The van der Waals surface area contributed by atoms with Crippen LogP contribution in [0.2, 0.25) is 0 Å². The fourth-order valence-corrected chi connectivity index (χ4v) is 3.28. The summed E-state index contributed by atoms with van der Waals surface area (Å²) >= 11 is 0. The van der Waals surface area contributed by atoms with E-state index in [0.717, 1.165) is 18.4 Å². The highest BCUT2D eigenvalue weighted by Crippen LogP contribution is 2.19. The molecule has 6 heteroatoms. The van der Waals surface area contributed by atoms with Crippen LogP contribution >= 0.6 is 0 Å². The summed E-state index contributed by atoms with van der Waals surface area (Å²) < 4.78 is 5.34. The lowest BCUT2D eigenvalue weighted by Gasteiger charge is -2.30. The van der Waals surface area contributed by atoms with Gasteiger partial charge in [0.1, 0.15) is 0 Å². The molecule has 0 aromatic heterocycles. The molecule has 2 rings (SSSR count). The second-order valence-electron chi connectivity index (χ2n) is 7.15. The van der Waals surface area contributed by atoms with Crippen molar-refractivity contribution in [1.29, 1.82) is 0 Å². The maximum Gasteiger partial charge on any atom is 0.315 e. The summed E-state index contributed by atoms with van der Waals surface area (Å²) in [6.07, 6.45) is 4.43. The highest BCUT2D eigenvalue weighted by atomic mass is 16.5. The van der Waals surface area contributed by atoms with Crippen LogP contribution < -0.4 is 10.6 Å². The fraction of sp³-hybridized carbons (Fsp3) is 0.619. The maximum atomic E-state index is 13.0. The van der Waals surface area contributed by atoms with Crippen molar-refractivity contribution >= 4 is 11.9 Å². The van der Waals surface area contributed by atoms with Crippen LogP contribution in [0.3, 0.4) is 0 Å². The molecule has 150 valence electrons. The second-order valence-corrected chi connectivity index (χ2v) is 7.15. The van der Waals surface area contributed by atoms with E-state index >= 15 is 0 Å². The number of benzene rings is 1. The van der Waals surface area contributed by atoms with E-state index in [4.69, 9.17) is 4.74 Å². The monoisotopic (exact) mass is 375 g/mol. The molecule has 2 unspecified atom stereocenters. The first kappa shape index (κ1) is 21.2. The zero-order valence-electron chi connectivity index (χ0n) is 16.6. The quantitative estimate of drug-likeness (QED) is 0.652. The minimum Gasteiger partial charge on any atom is -0.378 e. The summed E-state index contributed by atoms with van der Waals surface area (Å²) in [7, 11) is 0. The molecule has 0 bridgehead atoms. The van der Waals surface area contributed by atoms with Gasteiger partial charge in [-0.05, 0) is 18.9 Å². The van der Waals surface area contributed by atoms with Gasteiger partial charge in [0.25, 0.3) is 0 Å². The molecule has 0 spiro atoms. The van der Waals surface area contributed by atoms with Gasteiger partial charge >= 0.3 is 6.03 Å². The Morgan fingerprint density at radius 3 is 2.52 bits per heavy atom. The third kappa shape index (κ3) is 7.21. The highest BCUT2D eigenvalue weighted by Gasteiger charge is 2.27. The van der Waals surface area contributed by atoms with Crippen LogP contribution in [0.25, 0.3) is 0 Å². The Morgan fingerprint density at radius 1 is 1.15 bits per heavy atom. The highest BCUT2D eigenvalue weighted by molar-refractivity contribution is 5.85. The molecule has 27 heavy (non-hydrogen) atoms. The molecule has 0 radical (unpaired) electrons. The molecule has 6 nitrogen and oxygen atoms in total. The normalized spacial score (nSPS) is 16.4.